The van der Waals surface area contributed by atoms with E-state index in [4.69, 9.17) is 0 Å². The summed E-state index contributed by atoms with van der Waals surface area (Å²) >= 11 is 0. The Hall–Kier alpha value is -2.21. The van der Waals surface area contributed by atoms with E-state index in [0.29, 0.717) is 12.5 Å². The highest BCUT2D eigenvalue weighted by molar-refractivity contribution is 5.80. The van der Waals surface area contributed by atoms with Gasteiger partial charge in [-0.3, -0.25) is 14.7 Å². The number of carbonyl (C=O) groups excluding carboxylic acids is 1. The van der Waals surface area contributed by atoms with Gasteiger partial charge in [-0.25, -0.2) is 4.98 Å². The number of pyridine rings is 1. The zero-order chi connectivity index (χ0) is 15.6. The average molecular weight is 311 g/mol. The number of rotatable bonds is 4. The number of H-pyrrole nitrogens is 1. The van der Waals surface area contributed by atoms with Gasteiger partial charge in [0.1, 0.15) is 0 Å². The molecule has 3 fully saturated rings. The molecule has 1 amide bonds. The summed E-state index contributed by atoms with van der Waals surface area (Å²) in [7, 11) is 0. The van der Waals surface area contributed by atoms with Crippen LogP contribution in [0.15, 0.2) is 36.9 Å². The van der Waals surface area contributed by atoms with E-state index in [1.807, 2.05) is 29.3 Å². The maximum absolute atomic E-state index is 12.8. The molecule has 5 heterocycles. The van der Waals surface area contributed by atoms with E-state index in [1.54, 1.807) is 12.5 Å². The third-order valence-electron chi connectivity index (χ3n) is 4.88. The second-order valence-electron chi connectivity index (χ2n) is 6.49. The summed E-state index contributed by atoms with van der Waals surface area (Å²) in [4.78, 5) is 28.9. The number of aromatic nitrogens is 3. The average Bonchev–Trinajstić information content (AvgIpc) is 2.94. The number of aromatic amines is 1. The maximum atomic E-state index is 12.8. The van der Waals surface area contributed by atoms with Crippen LogP contribution in [0, 0.1) is 5.92 Å². The van der Waals surface area contributed by atoms with Gasteiger partial charge >= 0.3 is 0 Å². The number of nitrogens with zero attached hydrogens (tertiary/aromatic N) is 4. The number of fused-ring (bicyclic) bond motifs is 4. The summed E-state index contributed by atoms with van der Waals surface area (Å²) in [5.41, 5.74) is 2.07. The van der Waals surface area contributed by atoms with E-state index in [9.17, 15) is 4.79 Å². The molecule has 23 heavy (non-hydrogen) atoms. The standard InChI is InChI=1S/C17H21N5O/c23-17-13-4-5-16(22(17)10-14-3-1-2-6-19-14)11-21(8-13)9-15-7-18-12-20-15/h1-3,6-7,12-13,16H,4-5,8-11H2,(H,18,20)/t13-,16+/m0/s1. The first-order valence-electron chi connectivity index (χ1n) is 8.19. The highest BCUT2D eigenvalue weighted by Crippen LogP contribution is 2.30. The van der Waals surface area contributed by atoms with Crippen molar-refractivity contribution >= 4 is 5.91 Å². The Bertz CT molecular complexity index is 657. The molecule has 0 radical (unpaired) electrons. The molecule has 3 saturated heterocycles. The number of amides is 1. The van der Waals surface area contributed by atoms with Crippen LogP contribution in [-0.2, 0) is 17.9 Å². The molecule has 0 spiro atoms. The first-order chi connectivity index (χ1) is 11.3. The lowest BCUT2D eigenvalue weighted by Gasteiger charge is -2.35. The van der Waals surface area contributed by atoms with Gasteiger partial charge in [-0.1, -0.05) is 6.07 Å². The molecule has 2 atom stereocenters. The molecular weight excluding hydrogens is 290 g/mol. The van der Waals surface area contributed by atoms with Crippen molar-refractivity contribution in [2.24, 2.45) is 5.92 Å². The minimum Gasteiger partial charge on any atom is -0.347 e. The number of hydrogen-bond acceptors (Lipinski definition) is 4. The first-order valence-corrected chi connectivity index (χ1v) is 8.19. The Balaban J connectivity index is 1.51. The molecule has 0 aromatic carbocycles. The van der Waals surface area contributed by atoms with Crippen LogP contribution in [0.2, 0.25) is 0 Å². The van der Waals surface area contributed by atoms with Crippen LogP contribution < -0.4 is 0 Å². The van der Waals surface area contributed by atoms with Gasteiger partial charge < -0.3 is 9.88 Å². The smallest absolute Gasteiger partial charge is 0.227 e. The zero-order valence-electron chi connectivity index (χ0n) is 13.1. The van der Waals surface area contributed by atoms with Gasteiger partial charge in [0, 0.05) is 43.8 Å². The second-order valence-corrected chi connectivity index (χ2v) is 6.49. The summed E-state index contributed by atoms with van der Waals surface area (Å²) in [5.74, 6) is 0.402. The van der Waals surface area contributed by atoms with E-state index in [-0.39, 0.29) is 12.0 Å². The summed E-state index contributed by atoms with van der Waals surface area (Å²) < 4.78 is 0. The van der Waals surface area contributed by atoms with Crippen molar-refractivity contribution in [3.05, 3.63) is 48.3 Å². The normalized spacial score (nSPS) is 24.9. The van der Waals surface area contributed by atoms with E-state index >= 15 is 0 Å². The molecule has 6 nitrogen and oxygen atoms in total. The van der Waals surface area contributed by atoms with Gasteiger partial charge in [0.05, 0.1) is 24.5 Å². The fourth-order valence-electron chi connectivity index (χ4n) is 3.75. The van der Waals surface area contributed by atoms with Crippen LogP contribution in [0.5, 0.6) is 0 Å². The van der Waals surface area contributed by atoms with Gasteiger partial charge in [0.15, 0.2) is 0 Å². The summed E-state index contributed by atoms with van der Waals surface area (Å²) in [6, 6.07) is 6.17. The molecule has 1 N–H and O–H groups in total. The van der Waals surface area contributed by atoms with E-state index in [0.717, 1.165) is 43.9 Å². The quantitative estimate of drug-likeness (QED) is 0.927. The maximum Gasteiger partial charge on any atom is 0.227 e. The molecule has 3 aliphatic rings. The lowest BCUT2D eigenvalue weighted by Crippen LogP contribution is -2.47. The van der Waals surface area contributed by atoms with Crippen LogP contribution in [-0.4, -0.2) is 49.8 Å². The molecule has 3 aliphatic heterocycles. The Kier molecular flexibility index (Phi) is 3.83. The molecule has 0 unspecified atom stereocenters. The minimum atomic E-state index is 0.111. The largest absolute Gasteiger partial charge is 0.347 e. The van der Waals surface area contributed by atoms with Crippen molar-refractivity contribution in [1.29, 1.82) is 0 Å². The van der Waals surface area contributed by atoms with E-state index in [2.05, 4.69) is 19.9 Å². The van der Waals surface area contributed by atoms with Crippen molar-refractivity contribution < 1.29 is 4.79 Å². The second kappa shape index (κ2) is 6.12. The van der Waals surface area contributed by atoms with Gasteiger partial charge in [0.25, 0.3) is 0 Å². The van der Waals surface area contributed by atoms with E-state index in [1.165, 1.54) is 0 Å². The van der Waals surface area contributed by atoms with Crippen LogP contribution in [0.1, 0.15) is 24.2 Å². The lowest BCUT2D eigenvalue weighted by atomic mass is 9.94. The van der Waals surface area contributed by atoms with Gasteiger partial charge in [-0.05, 0) is 25.0 Å². The Labute approximate surface area is 135 Å². The number of piperidine rings is 1. The third kappa shape index (κ3) is 2.99. The fraction of sp³-hybridized carbons (Fsp3) is 0.471. The molecule has 0 saturated carbocycles. The van der Waals surface area contributed by atoms with Crippen LogP contribution in [0.4, 0.5) is 0 Å². The summed E-state index contributed by atoms with van der Waals surface area (Å²) in [5, 5.41) is 0. The van der Waals surface area contributed by atoms with Crippen LogP contribution in [0.3, 0.4) is 0 Å². The predicted octanol–water partition coefficient (Wildman–Crippen LogP) is 1.43. The number of hydrogen-bond donors (Lipinski definition) is 1. The molecule has 0 aliphatic carbocycles. The van der Waals surface area contributed by atoms with Crippen molar-refractivity contribution in [3.63, 3.8) is 0 Å². The van der Waals surface area contributed by atoms with Gasteiger partial charge in [-0.15, -0.1) is 0 Å². The number of nitrogens with one attached hydrogen (secondary N) is 1. The SMILES string of the molecule is O=C1[C@H]2CC[C@H](CN(Cc3cnc[nH]3)C2)N1Cc1ccccn1. The van der Waals surface area contributed by atoms with Crippen molar-refractivity contribution in [2.75, 3.05) is 13.1 Å². The topological polar surface area (TPSA) is 65.1 Å². The number of imidazole rings is 1. The van der Waals surface area contributed by atoms with Crippen LogP contribution in [0.25, 0.3) is 0 Å². The molecule has 6 heteroatoms. The van der Waals surface area contributed by atoms with Crippen LogP contribution >= 0.6 is 0 Å². The Morgan fingerprint density at radius 3 is 2.96 bits per heavy atom. The molecule has 2 bridgehead atoms. The molecule has 2 aromatic heterocycles. The highest BCUT2D eigenvalue weighted by Gasteiger charge is 2.40. The highest BCUT2D eigenvalue weighted by atomic mass is 16.2. The van der Waals surface area contributed by atoms with Crippen molar-refractivity contribution in [3.8, 4) is 0 Å². The predicted molar refractivity (Wildman–Crippen MR) is 85.2 cm³/mol. The van der Waals surface area contributed by atoms with Gasteiger partial charge in [0.2, 0.25) is 5.91 Å². The van der Waals surface area contributed by atoms with Crippen molar-refractivity contribution in [1.82, 2.24) is 24.8 Å². The first kappa shape index (κ1) is 14.4. The molecule has 120 valence electrons. The number of carbonyl (C=O) groups is 1. The molecule has 2 aromatic rings. The molecular formula is C17H21N5O. The van der Waals surface area contributed by atoms with Gasteiger partial charge in [-0.2, -0.15) is 0 Å². The lowest BCUT2D eigenvalue weighted by molar-refractivity contribution is -0.140. The van der Waals surface area contributed by atoms with E-state index < -0.39 is 0 Å². The zero-order valence-corrected chi connectivity index (χ0v) is 13.1. The monoisotopic (exact) mass is 311 g/mol. The minimum absolute atomic E-state index is 0.111. The van der Waals surface area contributed by atoms with Crippen molar-refractivity contribution in [2.45, 2.75) is 32.0 Å². The molecule has 5 rings (SSSR count). The fourth-order valence-corrected chi connectivity index (χ4v) is 3.75. The Morgan fingerprint density at radius 2 is 2.17 bits per heavy atom. The third-order valence-corrected chi connectivity index (χ3v) is 4.88. The summed E-state index contributed by atoms with van der Waals surface area (Å²) in [6.07, 6.45) is 7.45. The Morgan fingerprint density at radius 1 is 1.22 bits per heavy atom. The summed E-state index contributed by atoms with van der Waals surface area (Å²) in [6.45, 7) is 3.22.